The van der Waals surface area contributed by atoms with Crippen molar-refractivity contribution in [2.75, 3.05) is 18.1 Å². The first-order valence-electron chi connectivity index (χ1n) is 15.5. The topological polar surface area (TPSA) is 94.2 Å². The number of carbonyl (C=O) groups excluding carboxylic acids is 1. The summed E-state index contributed by atoms with van der Waals surface area (Å²) in [5, 5.41) is 4.25. The summed E-state index contributed by atoms with van der Waals surface area (Å²) < 4.78 is 25.7. The van der Waals surface area contributed by atoms with E-state index in [2.05, 4.69) is 29.0 Å². The molecule has 0 N–H and O–H groups in total. The van der Waals surface area contributed by atoms with E-state index in [1.54, 1.807) is 12.4 Å². The number of alkyl halides is 1. The molecular weight excluding hydrogens is 533 g/mol. The first kappa shape index (κ1) is 27.5. The largest absolute Gasteiger partial charge is 0.491 e. The van der Waals surface area contributed by atoms with Crippen LogP contribution >= 0.6 is 0 Å². The third kappa shape index (κ3) is 4.69. The van der Waals surface area contributed by atoms with Gasteiger partial charge in [0, 0.05) is 35.5 Å². The molecule has 222 valence electrons. The van der Waals surface area contributed by atoms with E-state index in [0.717, 1.165) is 61.5 Å². The Balaban J connectivity index is 1.13. The van der Waals surface area contributed by atoms with Crippen molar-refractivity contribution in [1.29, 1.82) is 0 Å². The molecule has 0 aliphatic heterocycles. The summed E-state index contributed by atoms with van der Waals surface area (Å²) in [6.07, 6.45) is 11.3. The molecule has 0 spiro atoms. The number of nitrogens with zero attached hydrogens (tertiary/aromatic N) is 5. The molecule has 3 aromatic rings. The molecule has 8 nitrogen and oxygen atoms in total. The van der Waals surface area contributed by atoms with Crippen LogP contribution in [-0.2, 0) is 10.2 Å². The molecule has 1 amide bonds. The summed E-state index contributed by atoms with van der Waals surface area (Å²) in [5.41, 5.74) is 0.509. The van der Waals surface area contributed by atoms with E-state index < -0.39 is 5.67 Å². The maximum atomic E-state index is 14.4. The molecule has 0 atom stereocenters. The number of halogens is 1. The average Bonchev–Trinajstić information content (AvgIpc) is 3.48. The van der Waals surface area contributed by atoms with E-state index in [4.69, 9.17) is 14.2 Å². The molecule has 4 bridgehead atoms. The minimum Gasteiger partial charge on any atom is -0.491 e. The number of aromatic nitrogens is 4. The Bertz CT molecular complexity index is 1440. The normalized spacial score (nSPS) is 31.0. The van der Waals surface area contributed by atoms with Gasteiger partial charge in [-0.1, -0.05) is 31.1 Å². The van der Waals surface area contributed by atoms with Crippen LogP contribution in [0.3, 0.4) is 0 Å². The van der Waals surface area contributed by atoms with Crippen LogP contribution in [0.1, 0.15) is 103 Å². The van der Waals surface area contributed by atoms with Crippen LogP contribution in [0, 0.1) is 10.8 Å². The first-order chi connectivity index (χ1) is 20.1. The Labute approximate surface area is 246 Å². The Morgan fingerprint density at radius 1 is 1.05 bits per heavy atom. The lowest BCUT2D eigenvalue weighted by molar-refractivity contribution is -0.215. The number of ether oxygens (including phenoxy) is 1. The van der Waals surface area contributed by atoms with Crippen molar-refractivity contribution < 1.29 is 18.4 Å². The van der Waals surface area contributed by atoms with Crippen molar-refractivity contribution in [3.8, 4) is 17.1 Å². The molecule has 0 radical (unpaired) electrons. The maximum absolute atomic E-state index is 14.4. The number of hydrogen-bond donors (Lipinski definition) is 0. The van der Waals surface area contributed by atoms with E-state index in [1.165, 1.54) is 0 Å². The highest BCUT2D eigenvalue weighted by Gasteiger charge is 2.69. The monoisotopic (exact) mass is 573 g/mol. The highest BCUT2D eigenvalue weighted by molar-refractivity contribution is 5.94. The van der Waals surface area contributed by atoms with E-state index >= 15 is 0 Å². The van der Waals surface area contributed by atoms with Gasteiger partial charge >= 0.3 is 0 Å². The van der Waals surface area contributed by atoms with Crippen molar-refractivity contribution in [2.45, 2.75) is 102 Å². The fourth-order valence-electron chi connectivity index (χ4n) is 8.15. The van der Waals surface area contributed by atoms with Crippen LogP contribution in [0.2, 0.25) is 0 Å². The third-order valence-corrected chi connectivity index (χ3v) is 10.6. The van der Waals surface area contributed by atoms with Crippen LogP contribution in [0.4, 0.5) is 10.1 Å². The highest BCUT2D eigenvalue weighted by atomic mass is 19.1. The predicted molar refractivity (Wildman–Crippen MR) is 156 cm³/mol. The minimum atomic E-state index is -1.02. The standard InChI is InChI=1S/C33H40FN5O3/c1-4-41-25-16-35-28(36-17-25)23-6-5-7-24(14-23)39(26(40)15-31-18-33(34,19-31)20-31)21-30-8-11-32(12-9-30,13-10-30)29-37-27(22(2)3)38-42-29/h5-7,14,16-17,22H,4,8-13,15,18-21H2,1-3H3. The SMILES string of the molecule is CCOc1cnc(-c2cccc(N(CC34CCC(c5nc(C(C)C)no5)(CC3)CC4)C(=O)CC34CC(F)(C3)C4)c2)nc1. The van der Waals surface area contributed by atoms with Crippen molar-refractivity contribution in [2.24, 2.45) is 10.8 Å². The fraction of sp³-hybridized carbons (Fsp3) is 0.606. The summed E-state index contributed by atoms with van der Waals surface area (Å²) in [4.78, 5) is 29.9. The molecular formula is C33H40FN5O3. The first-order valence-corrected chi connectivity index (χ1v) is 15.5. The van der Waals surface area contributed by atoms with Gasteiger partial charge in [0.15, 0.2) is 17.4 Å². The van der Waals surface area contributed by atoms with Crippen molar-refractivity contribution in [3.05, 3.63) is 48.4 Å². The van der Waals surface area contributed by atoms with E-state index in [0.29, 0.717) is 50.4 Å². The number of benzene rings is 1. The molecule has 0 unspecified atom stereocenters. The Hall–Kier alpha value is -3.36. The molecule has 9 heteroatoms. The fourth-order valence-corrected chi connectivity index (χ4v) is 8.15. The van der Waals surface area contributed by atoms with Crippen LogP contribution in [-0.4, -0.2) is 44.8 Å². The second-order valence-corrected chi connectivity index (χ2v) is 14.0. The van der Waals surface area contributed by atoms with Gasteiger partial charge in [0.2, 0.25) is 11.8 Å². The van der Waals surface area contributed by atoms with E-state index in [1.807, 2.05) is 36.1 Å². The van der Waals surface area contributed by atoms with E-state index in [9.17, 15) is 9.18 Å². The molecule has 6 aliphatic rings. The van der Waals surface area contributed by atoms with Gasteiger partial charge in [0.25, 0.3) is 0 Å². The zero-order valence-corrected chi connectivity index (χ0v) is 24.9. The second kappa shape index (κ2) is 9.85. The zero-order chi connectivity index (χ0) is 29.2. The Morgan fingerprint density at radius 2 is 1.74 bits per heavy atom. The van der Waals surface area contributed by atoms with Gasteiger partial charge in [0.05, 0.1) is 19.0 Å². The quantitative estimate of drug-likeness (QED) is 0.259. The van der Waals surface area contributed by atoms with E-state index in [-0.39, 0.29) is 28.1 Å². The molecule has 6 fully saturated rings. The number of anilines is 1. The molecule has 1 aromatic carbocycles. The molecule has 6 aliphatic carbocycles. The molecule has 2 heterocycles. The Morgan fingerprint density at radius 3 is 2.33 bits per heavy atom. The van der Waals surface area contributed by atoms with Crippen molar-refractivity contribution in [1.82, 2.24) is 20.1 Å². The number of rotatable bonds is 10. The summed E-state index contributed by atoms with van der Waals surface area (Å²) in [5.74, 6) is 3.12. The number of fused-ring (bicyclic) bond motifs is 3. The smallest absolute Gasteiger partial charge is 0.232 e. The Kier molecular flexibility index (Phi) is 6.44. The van der Waals surface area contributed by atoms with Gasteiger partial charge in [-0.05, 0) is 87.7 Å². The average molecular weight is 574 g/mol. The van der Waals surface area contributed by atoms with Gasteiger partial charge in [0.1, 0.15) is 5.67 Å². The summed E-state index contributed by atoms with van der Waals surface area (Å²) in [7, 11) is 0. The van der Waals surface area contributed by atoms with Crippen molar-refractivity contribution >= 4 is 11.6 Å². The number of carbonyl (C=O) groups is 1. The lowest BCUT2D eigenvalue weighted by Crippen LogP contribution is -2.65. The van der Waals surface area contributed by atoms with Crippen molar-refractivity contribution in [3.63, 3.8) is 0 Å². The van der Waals surface area contributed by atoms with Gasteiger partial charge in [-0.3, -0.25) is 4.79 Å². The van der Waals surface area contributed by atoms with Gasteiger partial charge < -0.3 is 14.2 Å². The lowest BCUT2D eigenvalue weighted by atomic mass is 9.41. The molecule has 9 rings (SSSR count). The van der Waals surface area contributed by atoms with Gasteiger partial charge in [-0.2, -0.15) is 4.98 Å². The maximum Gasteiger partial charge on any atom is 0.232 e. The van der Waals surface area contributed by atoms with Gasteiger partial charge in [-0.15, -0.1) is 0 Å². The van der Waals surface area contributed by atoms with Crippen LogP contribution in [0.25, 0.3) is 11.4 Å². The summed E-state index contributed by atoms with van der Waals surface area (Å²) in [6, 6.07) is 7.96. The molecule has 42 heavy (non-hydrogen) atoms. The van der Waals surface area contributed by atoms with Crippen LogP contribution < -0.4 is 9.64 Å². The third-order valence-electron chi connectivity index (χ3n) is 10.6. The lowest BCUT2D eigenvalue weighted by Gasteiger charge is -2.66. The zero-order valence-electron chi connectivity index (χ0n) is 24.9. The minimum absolute atomic E-state index is 0.0324. The van der Waals surface area contributed by atoms with Crippen LogP contribution in [0.15, 0.2) is 41.2 Å². The highest BCUT2D eigenvalue weighted by Crippen LogP contribution is 2.71. The predicted octanol–water partition coefficient (Wildman–Crippen LogP) is 6.96. The van der Waals surface area contributed by atoms with Gasteiger partial charge in [-0.25, -0.2) is 14.4 Å². The summed E-state index contributed by atoms with van der Waals surface area (Å²) >= 11 is 0. The van der Waals surface area contributed by atoms with Crippen LogP contribution in [0.5, 0.6) is 5.75 Å². The number of hydrogen-bond acceptors (Lipinski definition) is 7. The second-order valence-electron chi connectivity index (χ2n) is 14.0. The summed E-state index contributed by atoms with van der Waals surface area (Å²) in [6.45, 7) is 7.31. The molecule has 6 saturated carbocycles. The number of amides is 1. The molecule has 0 saturated heterocycles. The molecule has 2 aromatic heterocycles.